The summed E-state index contributed by atoms with van der Waals surface area (Å²) in [5, 5.41) is 10.3. The molecule has 6 heteroatoms. The second-order valence-corrected chi connectivity index (χ2v) is 9.06. The molecule has 1 fully saturated rings. The van der Waals surface area contributed by atoms with Crippen molar-refractivity contribution in [2.75, 3.05) is 19.7 Å². The van der Waals surface area contributed by atoms with E-state index in [9.17, 15) is 14.7 Å². The molecule has 1 amide bonds. The van der Waals surface area contributed by atoms with E-state index in [-0.39, 0.29) is 18.3 Å². The molecule has 2 rings (SSSR count). The van der Waals surface area contributed by atoms with Crippen molar-refractivity contribution in [3.8, 4) is 0 Å². The van der Waals surface area contributed by atoms with Crippen molar-refractivity contribution in [3.63, 3.8) is 0 Å². The standard InChI is InChI=1S/C26H43NO5/c1-2-3-4-5-6-7-8-9-10-11-13-16-22(28)23-17-18-24(32-23)26(30)31-21-25(29)27-19-14-12-15-20-27/h17-18,22,28H,2-16,19-21H2,1H3. The molecule has 0 bridgehead atoms. The van der Waals surface area contributed by atoms with E-state index in [0.717, 1.165) is 45.2 Å². The third-order valence-corrected chi connectivity index (χ3v) is 6.27. The van der Waals surface area contributed by atoms with E-state index >= 15 is 0 Å². The van der Waals surface area contributed by atoms with Crippen molar-refractivity contribution in [1.82, 2.24) is 4.90 Å². The van der Waals surface area contributed by atoms with Gasteiger partial charge in [0.05, 0.1) is 0 Å². The van der Waals surface area contributed by atoms with E-state index in [2.05, 4.69) is 6.92 Å². The maximum Gasteiger partial charge on any atom is 0.374 e. The van der Waals surface area contributed by atoms with E-state index in [1.54, 1.807) is 11.0 Å². The SMILES string of the molecule is CCCCCCCCCCCCCC(O)c1ccc(C(=O)OCC(=O)N2CCCCC2)o1. The number of hydrogen-bond acceptors (Lipinski definition) is 5. The van der Waals surface area contributed by atoms with Gasteiger partial charge in [-0.1, -0.05) is 77.6 Å². The number of rotatable bonds is 16. The quantitative estimate of drug-likeness (QED) is 0.241. The predicted octanol–water partition coefficient (Wildman–Crippen LogP) is 6.18. The fourth-order valence-electron chi connectivity index (χ4n) is 4.22. The molecule has 0 saturated carbocycles. The molecule has 0 spiro atoms. The zero-order chi connectivity index (χ0) is 23.0. The molecule has 1 unspecified atom stereocenters. The highest BCUT2D eigenvalue weighted by atomic mass is 16.5. The Morgan fingerprint density at radius 1 is 0.938 bits per heavy atom. The number of aliphatic hydroxyl groups is 1. The number of likely N-dealkylation sites (tertiary alicyclic amines) is 1. The van der Waals surface area contributed by atoms with E-state index in [4.69, 9.17) is 9.15 Å². The molecule has 1 aliphatic heterocycles. The molecule has 32 heavy (non-hydrogen) atoms. The fraction of sp³-hybridized carbons (Fsp3) is 0.769. The molecule has 6 nitrogen and oxygen atoms in total. The number of esters is 1. The summed E-state index contributed by atoms with van der Waals surface area (Å²) in [5.74, 6) is -0.416. The van der Waals surface area contributed by atoms with Gasteiger partial charge in [-0.2, -0.15) is 0 Å². The summed E-state index contributed by atoms with van der Waals surface area (Å²) >= 11 is 0. The summed E-state index contributed by atoms with van der Waals surface area (Å²) in [4.78, 5) is 26.0. The van der Waals surface area contributed by atoms with Crippen LogP contribution in [0.25, 0.3) is 0 Å². The van der Waals surface area contributed by atoms with E-state index in [1.807, 2.05) is 0 Å². The Balaban J connectivity index is 1.55. The van der Waals surface area contributed by atoms with Crippen molar-refractivity contribution in [1.29, 1.82) is 0 Å². The number of nitrogens with zero attached hydrogens (tertiary/aromatic N) is 1. The molecule has 0 aromatic carbocycles. The molecule has 0 aliphatic carbocycles. The lowest BCUT2D eigenvalue weighted by Crippen LogP contribution is -2.38. The number of furan rings is 1. The van der Waals surface area contributed by atoms with Gasteiger partial charge in [0.1, 0.15) is 11.9 Å². The largest absolute Gasteiger partial charge is 0.451 e. The third kappa shape index (κ3) is 10.2. The monoisotopic (exact) mass is 449 g/mol. The van der Waals surface area contributed by atoms with Crippen LogP contribution < -0.4 is 0 Å². The van der Waals surface area contributed by atoms with Gasteiger partial charge in [0.15, 0.2) is 6.61 Å². The van der Waals surface area contributed by atoms with Crippen LogP contribution in [0.4, 0.5) is 0 Å². The van der Waals surface area contributed by atoms with Gasteiger partial charge in [-0.25, -0.2) is 4.79 Å². The van der Waals surface area contributed by atoms with E-state index in [1.165, 1.54) is 63.9 Å². The first-order chi connectivity index (χ1) is 15.6. The molecular formula is C26H43NO5. The summed E-state index contributed by atoms with van der Waals surface area (Å²) in [6, 6.07) is 3.12. The number of carbonyl (C=O) groups excluding carboxylic acids is 2. The van der Waals surface area contributed by atoms with Crippen LogP contribution in [0.3, 0.4) is 0 Å². The molecule has 0 radical (unpaired) electrons. The molecule has 1 atom stereocenters. The molecule has 1 aromatic heterocycles. The molecule has 1 aliphatic rings. The van der Waals surface area contributed by atoms with Crippen molar-refractivity contribution in [2.45, 2.75) is 109 Å². The van der Waals surface area contributed by atoms with Crippen LogP contribution in [0.15, 0.2) is 16.5 Å². The van der Waals surface area contributed by atoms with Crippen molar-refractivity contribution >= 4 is 11.9 Å². The lowest BCUT2D eigenvalue weighted by Gasteiger charge is -2.26. The lowest BCUT2D eigenvalue weighted by atomic mass is 10.0. The van der Waals surface area contributed by atoms with Crippen molar-refractivity contribution in [2.24, 2.45) is 0 Å². The van der Waals surface area contributed by atoms with Crippen LogP contribution in [0.1, 0.15) is 126 Å². The molecule has 182 valence electrons. The first kappa shape index (κ1) is 26.4. The maximum absolute atomic E-state index is 12.2. The number of aliphatic hydroxyl groups excluding tert-OH is 1. The highest BCUT2D eigenvalue weighted by molar-refractivity contribution is 5.88. The molecule has 1 aromatic rings. The van der Waals surface area contributed by atoms with Gasteiger partial charge in [0.2, 0.25) is 5.76 Å². The number of carbonyl (C=O) groups is 2. The Labute approximate surface area is 193 Å². The number of hydrogen-bond donors (Lipinski definition) is 1. The number of ether oxygens (including phenoxy) is 1. The number of unbranched alkanes of at least 4 members (excludes halogenated alkanes) is 10. The highest BCUT2D eigenvalue weighted by Gasteiger charge is 2.21. The third-order valence-electron chi connectivity index (χ3n) is 6.27. The first-order valence-corrected chi connectivity index (χ1v) is 12.8. The molecule has 1 N–H and O–H groups in total. The van der Waals surface area contributed by atoms with E-state index in [0.29, 0.717) is 12.2 Å². The molecular weight excluding hydrogens is 406 g/mol. The van der Waals surface area contributed by atoms with Crippen LogP contribution in [0.2, 0.25) is 0 Å². The fourth-order valence-corrected chi connectivity index (χ4v) is 4.22. The summed E-state index contributed by atoms with van der Waals surface area (Å²) in [6.07, 6.45) is 16.9. The first-order valence-electron chi connectivity index (χ1n) is 12.8. The van der Waals surface area contributed by atoms with Gasteiger partial charge >= 0.3 is 5.97 Å². The van der Waals surface area contributed by atoms with Gasteiger partial charge in [-0.05, 0) is 37.8 Å². The van der Waals surface area contributed by atoms with Crippen LogP contribution in [-0.4, -0.2) is 41.6 Å². The summed E-state index contributed by atoms with van der Waals surface area (Å²) in [7, 11) is 0. The van der Waals surface area contributed by atoms with Crippen LogP contribution in [-0.2, 0) is 9.53 Å². The number of piperidine rings is 1. The van der Waals surface area contributed by atoms with Crippen molar-refractivity contribution < 1.29 is 23.8 Å². The van der Waals surface area contributed by atoms with Crippen LogP contribution in [0.5, 0.6) is 0 Å². The minimum atomic E-state index is -0.718. The Morgan fingerprint density at radius 2 is 1.53 bits per heavy atom. The molecule has 1 saturated heterocycles. The maximum atomic E-state index is 12.2. The molecule has 2 heterocycles. The van der Waals surface area contributed by atoms with Gasteiger partial charge in [0, 0.05) is 13.1 Å². The summed E-state index contributed by atoms with van der Waals surface area (Å²) < 4.78 is 10.6. The van der Waals surface area contributed by atoms with Gasteiger partial charge < -0.3 is 19.2 Å². The minimum absolute atomic E-state index is 0.0319. The minimum Gasteiger partial charge on any atom is -0.451 e. The Bertz CT molecular complexity index is 650. The zero-order valence-corrected chi connectivity index (χ0v) is 20.0. The van der Waals surface area contributed by atoms with Gasteiger partial charge in [-0.15, -0.1) is 0 Å². The summed E-state index contributed by atoms with van der Waals surface area (Å²) in [5.41, 5.74) is 0. The van der Waals surface area contributed by atoms with Crippen LogP contribution >= 0.6 is 0 Å². The average molecular weight is 450 g/mol. The second kappa shape index (κ2) is 15.9. The highest BCUT2D eigenvalue weighted by Crippen LogP contribution is 2.23. The average Bonchev–Trinajstić information content (AvgIpc) is 3.32. The Hall–Kier alpha value is -1.82. The smallest absolute Gasteiger partial charge is 0.374 e. The Morgan fingerprint density at radius 3 is 2.16 bits per heavy atom. The Kier molecular flexibility index (Phi) is 13.1. The topological polar surface area (TPSA) is 80.0 Å². The zero-order valence-electron chi connectivity index (χ0n) is 20.0. The van der Waals surface area contributed by atoms with Gasteiger partial charge in [-0.3, -0.25) is 4.79 Å². The second-order valence-electron chi connectivity index (χ2n) is 9.06. The lowest BCUT2D eigenvalue weighted by molar-refractivity contribution is -0.135. The van der Waals surface area contributed by atoms with Crippen molar-refractivity contribution in [3.05, 3.63) is 23.7 Å². The van der Waals surface area contributed by atoms with Gasteiger partial charge in [0.25, 0.3) is 5.91 Å². The normalized spacial score (nSPS) is 15.0. The summed E-state index contributed by atoms with van der Waals surface area (Å²) in [6.45, 7) is 3.44. The number of amides is 1. The van der Waals surface area contributed by atoms with E-state index < -0.39 is 12.1 Å². The predicted molar refractivity (Wildman–Crippen MR) is 125 cm³/mol. The van der Waals surface area contributed by atoms with Crippen LogP contribution in [0, 0.1) is 0 Å².